The lowest BCUT2D eigenvalue weighted by molar-refractivity contribution is 0.299. The van der Waals surface area contributed by atoms with Crippen molar-refractivity contribution in [1.82, 2.24) is 4.90 Å². The molecule has 0 aliphatic carbocycles. The van der Waals surface area contributed by atoms with Gasteiger partial charge in [0.15, 0.2) is 0 Å². The Kier molecular flexibility index (Phi) is 5.55. The number of ether oxygens (including phenoxy) is 1. The molecule has 0 N–H and O–H groups in total. The van der Waals surface area contributed by atoms with Crippen LogP contribution in [0.4, 0.5) is 0 Å². The van der Waals surface area contributed by atoms with Crippen molar-refractivity contribution in [2.45, 2.75) is 25.8 Å². The summed E-state index contributed by atoms with van der Waals surface area (Å²) in [6.07, 6.45) is 2.28. The summed E-state index contributed by atoms with van der Waals surface area (Å²) in [5, 5.41) is 0. The summed E-state index contributed by atoms with van der Waals surface area (Å²) < 4.78 is 6.57. The molecule has 0 radical (unpaired) electrons. The third-order valence-electron chi connectivity index (χ3n) is 2.97. The quantitative estimate of drug-likeness (QED) is 0.768. The molecule has 0 spiro atoms. The normalized spacial score (nSPS) is 12.9. The van der Waals surface area contributed by atoms with Gasteiger partial charge < -0.3 is 9.64 Å². The van der Waals surface area contributed by atoms with Crippen LogP contribution in [0.25, 0.3) is 0 Å². The van der Waals surface area contributed by atoms with Crippen LogP contribution in [-0.4, -0.2) is 32.1 Å². The summed E-state index contributed by atoms with van der Waals surface area (Å²) in [6.45, 7) is 2.26. The fraction of sp³-hybridized carbons (Fsp3) is 0.538. The van der Waals surface area contributed by atoms with Crippen molar-refractivity contribution in [3.05, 3.63) is 27.3 Å². The molecule has 1 aromatic carbocycles. The zero-order valence-electron chi connectivity index (χ0n) is 10.5. The van der Waals surface area contributed by atoms with E-state index in [9.17, 15) is 0 Å². The first-order valence-corrected chi connectivity index (χ1v) is 6.61. The Morgan fingerprint density at radius 3 is 2.62 bits per heavy atom. The molecular formula is C13H20INO. The van der Waals surface area contributed by atoms with E-state index >= 15 is 0 Å². The lowest BCUT2D eigenvalue weighted by Crippen LogP contribution is -2.25. The Labute approximate surface area is 112 Å². The highest BCUT2D eigenvalue weighted by Crippen LogP contribution is 2.21. The maximum Gasteiger partial charge on any atom is 0.119 e. The molecule has 0 saturated heterocycles. The van der Waals surface area contributed by atoms with Crippen LogP contribution >= 0.6 is 22.6 Å². The fourth-order valence-electron chi connectivity index (χ4n) is 1.49. The number of halogens is 1. The van der Waals surface area contributed by atoms with E-state index in [2.05, 4.69) is 60.6 Å². The van der Waals surface area contributed by atoms with Crippen molar-refractivity contribution in [3.8, 4) is 5.75 Å². The van der Waals surface area contributed by atoms with Crippen LogP contribution in [0, 0.1) is 3.57 Å². The molecule has 0 bridgehead atoms. The van der Waals surface area contributed by atoms with Crippen molar-refractivity contribution >= 4 is 22.6 Å². The highest BCUT2D eigenvalue weighted by atomic mass is 127. The van der Waals surface area contributed by atoms with E-state index < -0.39 is 0 Å². The summed E-state index contributed by atoms with van der Waals surface area (Å²) in [6, 6.07) is 6.89. The lowest BCUT2D eigenvalue weighted by atomic mass is 10.1. The van der Waals surface area contributed by atoms with Crippen LogP contribution in [0.3, 0.4) is 0 Å². The number of methoxy groups -OCH3 is 1. The predicted molar refractivity (Wildman–Crippen MR) is 77.2 cm³/mol. The molecule has 0 aliphatic heterocycles. The van der Waals surface area contributed by atoms with Gasteiger partial charge in [0, 0.05) is 9.61 Å². The number of nitrogens with zero attached hydrogens (tertiary/aromatic N) is 1. The van der Waals surface area contributed by atoms with Crippen LogP contribution in [0.5, 0.6) is 5.75 Å². The minimum absolute atomic E-state index is 0.613. The summed E-state index contributed by atoms with van der Waals surface area (Å²) in [4.78, 5) is 2.26. The van der Waals surface area contributed by atoms with Gasteiger partial charge in [-0.15, -0.1) is 0 Å². The largest absolute Gasteiger partial charge is 0.497 e. The highest BCUT2D eigenvalue weighted by Gasteiger charge is 2.07. The molecule has 16 heavy (non-hydrogen) atoms. The SMILES string of the molecule is COc1ccc(I)c(CCC(C)N(C)C)c1. The van der Waals surface area contributed by atoms with Gasteiger partial charge in [0.05, 0.1) is 7.11 Å². The minimum Gasteiger partial charge on any atom is -0.497 e. The van der Waals surface area contributed by atoms with Gasteiger partial charge in [-0.3, -0.25) is 0 Å². The molecule has 0 saturated carbocycles. The van der Waals surface area contributed by atoms with Gasteiger partial charge in [0.1, 0.15) is 5.75 Å². The van der Waals surface area contributed by atoms with Gasteiger partial charge in [-0.25, -0.2) is 0 Å². The van der Waals surface area contributed by atoms with Gasteiger partial charge in [-0.1, -0.05) is 0 Å². The van der Waals surface area contributed by atoms with Crippen molar-refractivity contribution in [3.63, 3.8) is 0 Å². The topological polar surface area (TPSA) is 12.5 Å². The summed E-state index contributed by atoms with van der Waals surface area (Å²) >= 11 is 2.39. The smallest absolute Gasteiger partial charge is 0.119 e. The Bertz CT molecular complexity index is 339. The van der Waals surface area contributed by atoms with E-state index in [0.717, 1.165) is 12.2 Å². The maximum atomic E-state index is 5.25. The Morgan fingerprint density at radius 1 is 1.38 bits per heavy atom. The summed E-state index contributed by atoms with van der Waals surface area (Å²) in [7, 11) is 5.97. The summed E-state index contributed by atoms with van der Waals surface area (Å²) in [5.74, 6) is 0.952. The molecule has 0 fully saturated rings. The number of hydrogen-bond acceptors (Lipinski definition) is 2. The molecule has 1 atom stereocenters. The molecule has 0 aromatic heterocycles. The van der Waals surface area contributed by atoms with E-state index in [4.69, 9.17) is 4.74 Å². The molecule has 0 amide bonds. The predicted octanol–water partition coefficient (Wildman–Crippen LogP) is 3.18. The van der Waals surface area contributed by atoms with Crippen molar-refractivity contribution < 1.29 is 4.74 Å². The zero-order chi connectivity index (χ0) is 12.1. The monoisotopic (exact) mass is 333 g/mol. The van der Waals surface area contributed by atoms with Gasteiger partial charge in [0.2, 0.25) is 0 Å². The van der Waals surface area contributed by atoms with E-state index in [1.54, 1.807) is 7.11 Å². The van der Waals surface area contributed by atoms with Crippen LogP contribution in [-0.2, 0) is 6.42 Å². The van der Waals surface area contributed by atoms with Gasteiger partial charge in [-0.2, -0.15) is 0 Å². The van der Waals surface area contributed by atoms with Crippen molar-refractivity contribution in [2.24, 2.45) is 0 Å². The second-order valence-corrected chi connectivity index (χ2v) is 5.47. The van der Waals surface area contributed by atoms with Gasteiger partial charge >= 0.3 is 0 Å². The average Bonchev–Trinajstić information content (AvgIpc) is 2.27. The van der Waals surface area contributed by atoms with E-state index in [0.29, 0.717) is 6.04 Å². The molecule has 1 rings (SSSR count). The molecule has 0 aliphatic rings. The Balaban J connectivity index is 2.65. The Hall–Kier alpha value is -0.290. The van der Waals surface area contributed by atoms with Crippen molar-refractivity contribution in [1.29, 1.82) is 0 Å². The molecule has 90 valence electrons. The van der Waals surface area contributed by atoms with Crippen molar-refractivity contribution in [2.75, 3.05) is 21.2 Å². The molecule has 1 unspecified atom stereocenters. The standard InChI is InChI=1S/C13H20INO/c1-10(15(2)3)5-6-11-9-12(16-4)7-8-13(11)14/h7-10H,5-6H2,1-4H3. The fourth-order valence-corrected chi connectivity index (χ4v) is 2.10. The average molecular weight is 333 g/mol. The molecule has 1 aromatic rings. The van der Waals surface area contributed by atoms with Crippen LogP contribution < -0.4 is 4.74 Å². The molecule has 2 nitrogen and oxygen atoms in total. The second kappa shape index (κ2) is 6.45. The summed E-state index contributed by atoms with van der Waals surface area (Å²) in [5.41, 5.74) is 1.38. The first-order valence-electron chi connectivity index (χ1n) is 5.53. The maximum absolute atomic E-state index is 5.25. The first-order chi connectivity index (χ1) is 7.54. The van der Waals surface area contributed by atoms with E-state index in [-0.39, 0.29) is 0 Å². The number of aryl methyl sites for hydroxylation is 1. The van der Waals surface area contributed by atoms with Crippen LogP contribution in [0.2, 0.25) is 0 Å². The second-order valence-electron chi connectivity index (χ2n) is 4.31. The zero-order valence-corrected chi connectivity index (χ0v) is 12.6. The third-order valence-corrected chi connectivity index (χ3v) is 4.02. The number of rotatable bonds is 5. The number of benzene rings is 1. The van der Waals surface area contributed by atoms with Crippen LogP contribution in [0.15, 0.2) is 18.2 Å². The first kappa shape index (κ1) is 13.8. The highest BCUT2D eigenvalue weighted by molar-refractivity contribution is 14.1. The Morgan fingerprint density at radius 2 is 2.06 bits per heavy atom. The molecule has 0 heterocycles. The number of hydrogen-bond donors (Lipinski definition) is 0. The molecule has 3 heteroatoms. The van der Waals surface area contributed by atoms with Crippen LogP contribution in [0.1, 0.15) is 18.9 Å². The van der Waals surface area contributed by atoms with Gasteiger partial charge in [-0.05, 0) is 80.2 Å². The third kappa shape index (κ3) is 3.94. The minimum atomic E-state index is 0.613. The van der Waals surface area contributed by atoms with E-state index in [1.807, 2.05) is 6.07 Å². The molecular weight excluding hydrogens is 313 g/mol. The lowest BCUT2D eigenvalue weighted by Gasteiger charge is -2.19. The van der Waals surface area contributed by atoms with Gasteiger partial charge in [0.25, 0.3) is 0 Å². The van der Waals surface area contributed by atoms with E-state index in [1.165, 1.54) is 15.6 Å².